The Labute approximate surface area is 179 Å². The largest absolute Gasteiger partial charge is 0.168 e. The van der Waals surface area contributed by atoms with Crippen molar-refractivity contribution in [2.75, 3.05) is 0 Å². The molecule has 0 radical (unpaired) electrons. The predicted octanol–water partition coefficient (Wildman–Crippen LogP) is 6.54. The summed E-state index contributed by atoms with van der Waals surface area (Å²) in [4.78, 5) is 0. The third-order valence-electron chi connectivity index (χ3n) is 3.10. The molecule has 0 aliphatic heterocycles. The zero-order valence-corrected chi connectivity index (χ0v) is 18.4. The summed E-state index contributed by atoms with van der Waals surface area (Å²) < 4.78 is 2.17. The molecule has 0 aromatic heterocycles. The molecule has 3 aromatic rings. The minimum absolute atomic E-state index is 0. The third kappa shape index (κ3) is 10.4. The van der Waals surface area contributed by atoms with Crippen molar-refractivity contribution in [3.8, 4) is 0 Å². The van der Waals surface area contributed by atoms with Crippen LogP contribution in [0.25, 0.3) is 10.8 Å². The number of rotatable bonds is 1. The van der Waals surface area contributed by atoms with Crippen molar-refractivity contribution in [3.05, 3.63) is 110 Å². The molecule has 1 aliphatic carbocycles. The van der Waals surface area contributed by atoms with E-state index in [1.165, 1.54) is 40.6 Å². The number of halogens is 2. The van der Waals surface area contributed by atoms with Crippen LogP contribution in [0.5, 0.6) is 0 Å². The second-order valence-corrected chi connectivity index (χ2v) is 5.42. The molecule has 3 heteroatoms. The van der Waals surface area contributed by atoms with Gasteiger partial charge in [-0.15, -0.1) is 60.9 Å². The van der Waals surface area contributed by atoms with Gasteiger partial charge in [0.15, 0.2) is 0 Å². The van der Waals surface area contributed by atoms with E-state index in [-0.39, 0.29) is 32.2 Å². The molecule has 0 amide bonds. The Morgan fingerprint density at radius 1 is 0.920 bits per heavy atom. The fourth-order valence-electron chi connectivity index (χ4n) is 1.96. The van der Waals surface area contributed by atoms with E-state index in [1.807, 2.05) is 18.2 Å². The topological polar surface area (TPSA) is 0 Å². The normalized spacial score (nSPS) is 9.88. The molecule has 1 aliphatic rings. The predicted molar refractivity (Wildman–Crippen MR) is 114 cm³/mol. The molecule has 3 aromatic carbocycles. The Balaban J connectivity index is 0. The standard InChI is InChI=1S/C9H7.C7H6.C5H5.CH3.2ClH.Zr/c1-2-5-9-7-3-6-8(9)4-1;1-7-5-3-2-4-6-7;1-2-4-5-3-1;;;;/h1-7H;1-6H;1-3H,4H2;1H3;2*1H;/q-1;;2*-1;;;. The Bertz CT molecular complexity index is 703. The Kier molecular flexibility index (Phi) is 17.1. The molecule has 0 spiro atoms. The van der Waals surface area contributed by atoms with Gasteiger partial charge in [0.05, 0.1) is 0 Å². The molecular weight excluding hydrogens is 426 g/mol. The van der Waals surface area contributed by atoms with Gasteiger partial charge in [-0.25, -0.2) is 12.2 Å². The summed E-state index contributed by atoms with van der Waals surface area (Å²) in [6.45, 7) is 0. The van der Waals surface area contributed by atoms with Gasteiger partial charge in [0.2, 0.25) is 0 Å². The van der Waals surface area contributed by atoms with E-state index in [0.29, 0.717) is 0 Å². The van der Waals surface area contributed by atoms with Crippen LogP contribution in [0.4, 0.5) is 0 Å². The first-order valence-electron chi connectivity index (χ1n) is 7.28. The second kappa shape index (κ2) is 16.3. The van der Waals surface area contributed by atoms with Crippen LogP contribution >= 0.6 is 24.8 Å². The van der Waals surface area contributed by atoms with Gasteiger partial charge in [0.25, 0.3) is 0 Å². The third-order valence-corrected chi connectivity index (χ3v) is 3.92. The fourth-order valence-corrected chi connectivity index (χ4v) is 2.43. The van der Waals surface area contributed by atoms with Crippen LogP contribution in [0.2, 0.25) is 0 Å². The summed E-state index contributed by atoms with van der Waals surface area (Å²) in [6.07, 6.45) is 10.0. The molecule has 25 heavy (non-hydrogen) atoms. The van der Waals surface area contributed by atoms with E-state index >= 15 is 0 Å². The fraction of sp³-hybridized carbons (Fsp3) is 0.0455. The summed E-state index contributed by atoms with van der Waals surface area (Å²) in [5, 5.41) is 2.66. The van der Waals surface area contributed by atoms with Gasteiger partial charge in [-0.05, 0) is 0 Å². The number of benzene rings is 2. The summed E-state index contributed by atoms with van der Waals surface area (Å²) in [6, 6.07) is 25.0. The minimum Gasteiger partial charge on any atom is -0.168 e. The molecule has 0 unspecified atom stereocenters. The van der Waals surface area contributed by atoms with E-state index in [0.717, 1.165) is 6.42 Å². The van der Waals surface area contributed by atoms with Crippen LogP contribution in [-0.2, 0) is 24.2 Å². The van der Waals surface area contributed by atoms with E-state index in [2.05, 4.69) is 82.6 Å². The molecule has 0 bridgehead atoms. The zero-order chi connectivity index (χ0) is 15.5. The van der Waals surface area contributed by atoms with Gasteiger partial charge in [0.1, 0.15) is 0 Å². The van der Waals surface area contributed by atoms with Crippen LogP contribution < -0.4 is 0 Å². The number of fused-ring (bicyclic) bond motifs is 1. The van der Waals surface area contributed by atoms with Crippen LogP contribution in [-0.4, -0.2) is 3.71 Å². The first-order valence-corrected chi connectivity index (χ1v) is 8.70. The van der Waals surface area contributed by atoms with Gasteiger partial charge in [-0.1, -0.05) is 6.07 Å². The summed E-state index contributed by atoms with van der Waals surface area (Å²) >= 11 is 1.46. The SMILES string of the molecule is Cl.Cl.[C-]1=CC=CC1.[CH3-].[Zr]=[CH]c1ccccc1.c1ccc2[cH-]ccc2c1. The first kappa shape index (κ1) is 26.1. The molecule has 0 heterocycles. The quantitative estimate of drug-likeness (QED) is 0.370. The molecule has 132 valence electrons. The van der Waals surface area contributed by atoms with Crippen molar-refractivity contribution in [3.63, 3.8) is 0 Å². The average Bonchev–Trinajstić information content (AvgIpc) is 3.30. The minimum atomic E-state index is 0. The van der Waals surface area contributed by atoms with Crippen LogP contribution in [0.1, 0.15) is 12.0 Å². The second-order valence-electron chi connectivity index (χ2n) is 4.71. The maximum absolute atomic E-state index is 2.99. The van der Waals surface area contributed by atoms with Crippen LogP contribution in [0.15, 0.2) is 91.0 Å². The van der Waals surface area contributed by atoms with Crippen molar-refractivity contribution in [1.29, 1.82) is 0 Å². The van der Waals surface area contributed by atoms with Crippen LogP contribution in [0.3, 0.4) is 0 Å². The first-order chi connectivity index (χ1) is 10.9. The van der Waals surface area contributed by atoms with Crippen LogP contribution in [0, 0.1) is 13.5 Å². The number of hydrogen-bond donors (Lipinski definition) is 0. The molecular formula is C22H23Cl2Zr-3. The summed E-state index contributed by atoms with van der Waals surface area (Å²) in [5.74, 6) is 0. The molecule has 0 saturated carbocycles. The molecule has 4 rings (SSSR count). The van der Waals surface area contributed by atoms with E-state index in [9.17, 15) is 0 Å². The number of hydrogen-bond acceptors (Lipinski definition) is 0. The van der Waals surface area contributed by atoms with Gasteiger partial charge < -0.3 is 7.43 Å². The van der Waals surface area contributed by atoms with Crippen molar-refractivity contribution in [2.45, 2.75) is 6.42 Å². The van der Waals surface area contributed by atoms with Crippen molar-refractivity contribution >= 4 is 39.3 Å². The Hall–Kier alpha value is -1.14. The van der Waals surface area contributed by atoms with Gasteiger partial charge in [-0.3, -0.25) is 6.08 Å². The smallest absolute Gasteiger partial charge is 0.0809 e. The van der Waals surface area contributed by atoms with Gasteiger partial charge >= 0.3 is 63.8 Å². The molecule has 0 atom stereocenters. The van der Waals surface area contributed by atoms with Crippen molar-refractivity contribution in [1.82, 2.24) is 0 Å². The summed E-state index contributed by atoms with van der Waals surface area (Å²) in [5.41, 5.74) is 1.32. The molecule has 0 fully saturated rings. The zero-order valence-electron chi connectivity index (χ0n) is 14.3. The number of allylic oxidation sites excluding steroid dienone is 4. The molecule has 0 nitrogen and oxygen atoms in total. The molecule has 0 N–H and O–H groups in total. The monoisotopic (exact) mass is 447 g/mol. The van der Waals surface area contributed by atoms with E-state index < -0.39 is 0 Å². The van der Waals surface area contributed by atoms with Gasteiger partial charge in [-0.2, -0.15) is 23.6 Å². The summed E-state index contributed by atoms with van der Waals surface area (Å²) in [7, 11) is 0. The van der Waals surface area contributed by atoms with Gasteiger partial charge in [0, 0.05) is 0 Å². The Morgan fingerprint density at radius 3 is 2.08 bits per heavy atom. The maximum Gasteiger partial charge on any atom is -0.0809 e. The van der Waals surface area contributed by atoms with Crippen molar-refractivity contribution in [2.24, 2.45) is 0 Å². The Morgan fingerprint density at radius 2 is 1.60 bits per heavy atom. The van der Waals surface area contributed by atoms with Crippen molar-refractivity contribution < 1.29 is 24.2 Å². The van der Waals surface area contributed by atoms with E-state index in [1.54, 1.807) is 0 Å². The molecule has 0 saturated heterocycles. The average molecular weight is 450 g/mol. The maximum atomic E-state index is 2.99. The van der Waals surface area contributed by atoms with E-state index in [4.69, 9.17) is 0 Å².